The number of unbranched alkanes of at least 4 members (excludes halogenated alkanes) is 8. The highest BCUT2D eigenvalue weighted by molar-refractivity contribution is 6.30. The van der Waals surface area contributed by atoms with Crippen LogP contribution in [0.3, 0.4) is 0 Å². The molecule has 2 aromatic rings. The van der Waals surface area contributed by atoms with Crippen LogP contribution in [0.15, 0.2) is 4.79 Å². The summed E-state index contributed by atoms with van der Waals surface area (Å²) in [6.45, 7) is 4.49. The molecule has 3 N–H and O–H groups in total. The molecule has 2 rings (SSSR count). The lowest BCUT2D eigenvalue weighted by Crippen LogP contribution is -2.24. The number of nitrogens with zero attached hydrogens (tertiary/aromatic N) is 3. The fraction of sp³-hybridized carbons (Fsp3) is 0.750. The number of H-pyrrole nitrogens is 1. The van der Waals surface area contributed by atoms with Crippen LogP contribution in [0.4, 0.5) is 5.95 Å². The summed E-state index contributed by atoms with van der Waals surface area (Å²) in [5, 5.41) is 0. The Morgan fingerprint density at radius 3 is 2.07 bits per heavy atom. The number of rotatable bonds is 13. The van der Waals surface area contributed by atoms with Crippen LogP contribution in [0.1, 0.15) is 96.9 Å². The number of fused-ring (bicyclic) bond motifs is 1. The molecule has 0 fully saturated rings. The van der Waals surface area contributed by atoms with Gasteiger partial charge in [-0.15, -0.1) is 0 Å². The van der Waals surface area contributed by atoms with E-state index in [0.29, 0.717) is 17.2 Å². The second-order valence-corrected chi connectivity index (χ2v) is 7.71. The van der Waals surface area contributed by atoms with E-state index in [0.717, 1.165) is 18.6 Å². The molecule has 0 amide bonds. The fourth-order valence-electron chi connectivity index (χ4n) is 3.92. The molecular formula is C20H36BN5O. The maximum atomic E-state index is 12.2. The number of anilines is 1. The molecule has 0 atom stereocenters. The molecule has 0 spiro atoms. The Kier molecular flexibility index (Phi) is 8.88. The largest absolute Gasteiger partial charge is 0.369 e. The summed E-state index contributed by atoms with van der Waals surface area (Å²) in [7, 11) is 1.97. The Morgan fingerprint density at radius 1 is 0.963 bits per heavy atom. The molecule has 0 radical (unpaired) electrons. The molecule has 6 nitrogen and oxygen atoms in total. The molecular weight excluding hydrogens is 337 g/mol. The van der Waals surface area contributed by atoms with Gasteiger partial charge in [-0.1, -0.05) is 78.1 Å². The molecule has 0 unspecified atom stereocenters. The van der Waals surface area contributed by atoms with E-state index in [1.54, 1.807) is 0 Å². The lowest BCUT2D eigenvalue weighted by Gasteiger charge is -2.21. The first-order chi connectivity index (χ1) is 13.1. The number of aromatic nitrogens is 4. The smallest absolute Gasteiger partial charge is 0.280 e. The number of aromatic amines is 1. The SMILES string of the molecule is Bc1nc2c(=O)[nH]c(N)nc2n1C(CCCCCCC)CCCCCCC. The van der Waals surface area contributed by atoms with E-state index < -0.39 is 0 Å². The highest BCUT2D eigenvalue weighted by Crippen LogP contribution is 2.25. The summed E-state index contributed by atoms with van der Waals surface area (Å²) in [6, 6.07) is 0.340. The van der Waals surface area contributed by atoms with Gasteiger partial charge in [-0.25, -0.2) is 4.98 Å². The molecule has 27 heavy (non-hydrogen) atoms. The maximum absolute atomic E-state index is 12.2. The van der Waals surface area contributed by atoms with Crippen molar-refractivity contribution in [2.75, 3.05) is 5.73 Å². The minimum atomic E-state index is -0.246. The van der Waals surface area contributed by atoms with E-state index in [-0.39, 0.29) is 11.5 Å². The van der Waals surface area contributed by atoms with Crippen LogP contribution in [0, 0.1) is 0 Å². The van der Waals surface area contributed by atoms with Crippen molar-refractivity contribution in [2.45, 2.75) is 96.9 Å². The molecule has 2 heterocycles. The van der Waals surface area contributed by atoms with Crippen LogP contribution in [-0.2, 0) is 0 Å². The summed E-state index contributed by atoms with van der Waals surface area (Å²) in [5.74, 6) is 0.165. The lowest BCUT2D eigenvalue weighted by molar-refractivity contribution is 0.406. The summed E-state index contributed by atoms with van der Waals surface area (Å²) < 4.78 is 2.17. The van der Waals surface area contributed by atoms with Crippen LogP contribution in [0.5, 0.6) is 0 Å². The molecule has 7 heteroatoms. The van der Waals surface area contributed by atoms with Gasteiger partial charge in [-0.2, -0.15) is 4.98 Å². The first-order valence-corrected chi connectivity index (χ1v) is 10.8. The van der Waals surface area contributed by atoms with E-state index in [9.17, 15) is 4.79 Å². The molecule has 0 aliphatic heterocycles. The van der Waals surface area contributed by atoms with E-state index in [4.69, 9.17) is 5.73 Å². The second-order valence-electron chi connectivity index (χ2n) is 7.71. The predicted octanol–water partition coefficient (Wildman–Crippen LogP) is 3.22. The third-order valence-corrected chi connectivity index (χ3v) is 5.39. The molecule has 0 aliphatic carbocycles. The van der Waals surface area contributed by atoms with Crippen LogP contribution >= 0.6 is 0 Å². The van der Waals surface area contributed by atoms with E-state index in [1.165, 1.54) is 64.2 Å². The van der Waals surface area contributed by atoms with Gasteiger partial charge in [0.25, 0.3) is 5.56 Å². The van der Waals surface area contributed by atoms with Crippen molar-refractivity contribution < 1.29 is 0 Å². The number of nitrogens with one attached hydrogen (secondary N) is 1. The van der Waals surface area contributed by atoms with Crippen molar-refractivity contribution in [1.29, 1.82) is 0 Å². The van der Waals surface area contributed by atoms with Crippen molar-refractivity contribution in [3.8, 4) is 0 Å². The molecule has 0 bridgehead atoms. The first kappa shape index (κ1) is 21.5. The van der Waals surface area contributed by atoms with Crippen molar-refractivity contribution >= 4 is 30.7 Å². The monoisotopic (exact) mass is 373 g/mol. The Labute approximate surface area is 163 Å². The zero-order valence-corrected chi connectivity index (χ0v) is 17.4. The normalized spacial score (nSPS) is 11.7. The van der Waals surface area contributed by atoms with Crippen molar-refractivity contribution in [1.82, 2.24) is 19.5 Å². The molecule has 0 saturated carbocycles. The standard InChI is InChI=1S/C20H36BN5O/c1-3-5-7-9-11-13-15(14-12-10-8-6-4-2)26-17-16(23-19(26)21)18(27)25-20(22)24-17/h15H,3-14,21H2,1-2H3,(H3,22,24,25,27). The number of imidazole rings is 1. The summed E-state index contributed by atoms with van der Waals surface area (Å²) in [5.41, 5.74) is 7.47. The highest BCUT2D eigenvalue weighted by atomic mass is 16.1. The van der Waals surface area contributed by atoms with Gasteiger partial charge in [0.15, 0.2) is 19.0 Å². The lowest BCUT2D eigenvalue weighted by atomic mass is 9.98. The molecule has 0 aliphatic rings. The van der Waals surface area contributed by atoms with Gasteiger partial charge < -0.3 is 10.3 Å². The summed E-state index contributed by atoms with van der Waals surface area (Å²) in [6.07, 6.45) is 14.9. The summed E-state index contributed by atoms with van der Waals surface area (Å²) >= 11 is 0. The minimum Gasteiger partial charge on any atom is -0.369 e. The Morgan fingerprint density at radius 2 is 1.52 bits per heavy atom. The van der Waals surface area contributed by atoms with Crippen molar-refractivity contribution in [3.63, 3.8) is 0 Å². The van der Waals surface area contributed by atoms with E-state index in [2.05, 4.69) is 33.4 Å². The van der Waals surface area contributed by atoms with Gasteiger partial charge >= 0.3 is 0 Å². The fourth-order valence-corrected chi connectivity index (χ4v) is 3.92. The topological polar surface area (TPSA) is 89.6 Å². The Bertz CT molecular complexity index is 741. The van der Waals surface area contributed by atoms with Gasteiger partial charge in [0.1, 0.15) is 0 Å². The summed E-state index contributed by atoms with van der Waals surface area (Å²) in [4.78, 5) is 23.7. The quantitative estimate of drug-likeness (QED) is 0.417. The van der Waals surface area contributed by atoms with Gasteiger partial charge in [0.2, 0.25) is 5.95 Å². The van der Waals surface area contributed by atoms with Gasteiger partial charge in [0.05, 0.1) is 5.72 Å². The molecule has 0 aromatic carbocycles. The molecule has 150 valence electrons. The predicted molar refractivity (Wildman–Crippen MR) is 117 cm³/mol. The Balaban J connectivity index is 2.17. The van der Waals surface area contributed by atoms with Gasteiger partial charge in [-0.3, -0.25) is 9.78 Å². The number of hydrogen-bond donors (Lipinski definition) is 2. The van der Waals surface area contributed by atoms with E-state index in [1.807, 2.05) is 7.85 Å². The third-order valence-electron chi connectivity index (χ3n) is 5.39. The second kappa shape index (κ2) is 11.1. The average molecular weight is 373 g/mol. The number of hydrogen-bond acceptors (Lipinski definition) is 4. The number of nitrogens with two attached hydrogens (primary N) is 1. The third kappa shape index (κ3) is 6.11. The van der Waals surface area contributed by atoms with Crippen LogP contribution in [0.25, 0.3) is 11.2 Å². The van der Waals surface area contributed by atoms with Crippen molar-refractivity contribution in [2.24, 2.45) is 0 Å². The average Bonchev–Trinajstić information content (AvgIpc) is 2.96. The van der Waals surface area contributed by atoms with Crippen LogP contribution < -0.4 is 17.0 Å². The number of nitrogen functional groups attached to an aromatic ring is 1. The van der Waals surface area contributed by atoms with Crippen LogP contribution in [-0.4, -0.2) is 27.4 Å². The van der Waals surface area contributed by atoms with Gasteiger partial charge in [-0.05, 0) is 12.8 Å². The molecule has 0 saturated heterocycles. The maximum Gasteiger partial charge on any atom is 0.280 e. The van der Waals surface area contributed by atoms with E-state index >= 15 is 0 Å². The van der Waals surface area contributed by atoms with Crippen LogP contribution in [0.2, 0.25) is 0 Å². The van der Waals surface area contributed by atoms with Gasteiger partial charge in [0, 0.05) is 6.04 Å². The minimum absolute atomic E-state index is 0.165. The first-order valence-electron chi connectivity index (χ1n) is 10.8. The van der Waals surface area contributed by atoms with Crippen molar-refractivity contribution in [3.05, 3.63) is 10.4 Å². The zero-order valence-electron chi connectivity index (χ0n) is 17.4. The molecule has 2 aromatic heterocycles. The Hall–Kier alpha value is -1.79. The zero-order chi connectivity index (χ0) is 19.6. The highest BCUT2D eigenvalue weighted by Gasteiger charge is 2.19.